The lowest BCUT2D eigenvalue weighted by atomic mass is 10.1. The second-order valence-electron chi connectivity index (χ2n) is 5.33. The van der Waals surface area contributed by atoms with E-state index in [1.54, 1.807) is 12.1 Å². The van der Waals surface area contributed by atoms with Gasteiger partial charge < -0.3 is 20.1 Å². The number of methoxy groups -OCH3 is 1. The summed E-state index contributed by atoms with van der Waals surface area (Å²) in [6, 6.07) is 3.27. The molecule has 1 aromatic carbocycles. The summed E-state index contributed by atoms with van der Waals surface area (Å²) in [7, 11) is 1.53. The number of carbonyl (C=O) groups excluding carboxylic acids is 1. The molecule has 0 spiro atoms. The van der Waals surface area contributed by atoms with Crippen LogP contribution in [0.15, 0.2) is 12.1 Å². The van der Waals surface area contributed by atoms with Crippen molar-refractivity contribution >= 4 is 29.9 Å². The Morgan fingerprint density at radius 3 is 2.87 bits per heavy atom. The van der Waals surface area contributed by atoms with Crippen LogP contribution in [0.5, 0.6) is 11.5 Å². The molecule has 5 nitrogen and oxygen atoms in total. The highest BCUT2D eigenvalue weighted by molar-refractivity contribution is 6.32. The van der Waals surface area contributed by atoms with Gasteiger partial charge >= 0.3 is 0 Å². The number of rotatable bonds is 7. The van der Waals surface area contributed by atoms with Crippen LogP contribution in [-0.4, -0.2) is 39.3 Å². The van der Waals surface area contributed by atoms with Gasteiger partial charge in [0.2, 0.25) is 0 Å². The molecule has 7 heteroatoms. The Bertz CT molecular complexity index is 520. The first kappa shape index (κ1) is 19.9. The molecule has 1 heterocycles. The van der Waals surface area contributed by atoms with Crippen molar-refractivity contribution in [2.24, 2.45) is 5.92 Å². The molecule has 2 N–H and O–H groups in total. The second kappa shape index (κ2) is 9.85. The molecule has 0 saturated carbocycles. The standard InChI is InChI=1S/C16H23ClN2O3.ClH/c1-3-22-15-13(17)8-12(9-14(15)21-2)16(20)19-7-5-11-4-6-18-10-11;/h8-9,11,18H,3-7,10H2,1-2H3,(H,19,20);1H. The lowest BCUT2D eigenvalue weighted by Gasteiger charge is -2.14. The summed E-state index contributed by atoms with van der Waals surface area (Å²) in [6.45, 7) is 5.13. The molecule has 1 aromatic rings. The van der Waals surface area contributed by atoms with Crippen molar-refractivity contribution in [1.29, 1.82) is 0 Å². The Balaban J connectivity index is 0.00000264. The van der Waals surface area contributed by atoms with Gasteiger partial charge in [-0.2, -0.15) is 0 Å². The van der Waals surface area contributed by atoms with E-state index >= 15 is 0 Å². The summed E-state index contributed by atoms with van der Waals surface area (Å²) in [4.78, 5) is 12.2. The third-order valence-corrected chi connectivity index (χ3v) is 4.06. The predicted octanol–water partition coefficient (Wildman–Crippen LogP) is 2.90. The highest BCUT2D eigenvalue weighted by Crippen LogP contribution is 2.36. The van der Waals surface area contributed by atoms with Gasteiger partial charge in [0.1, 0.15) is 0 Å². The van der Waals surface area contributed by atoms with Gasteiger partial charge in [-0.3, -0.25) is 4.79 Å². The number of hydrogen-bond donors (Lipinski definition) is 2. The largest absolute Gasteiger partial charge is 0.493 e. The van der Waals surface area contributed by atoms with Gasteiger partial charge in [-0.25, -0.2) is 0 Å². The third-order valence-electron chi connectivity index (χ3n) is 3.78. The minimum absolute atomic E-state index is 0. The molecule has 0 radical (unpaired) electrons. The highest BCUT2D eigenvalue weighted by Gasteiger charge is 2.17. The average molecular weight is 363 g/mol. The monoisotopic (exact) mass is 362 g/mol. The lowest BCUT2D eigenvalue weighted by Crippen LogP contribution is -2.26. The molecule has 1 aliphatic rings. The maximum atomic E-state index is 12.2. The smallest absolute Gasteiger partial charge is 0.251 e. The van der Waals surface area contributed by atoms with E-state index < -0.39 is 0 Å². The van der Waals surface area contributed by atoms with Crippen LogP contribution in [0.4, 0.5) is 0 Å². The maximum Gasteiger partial charge on any atom is 0.251 e. The SMILES string of the molecule is CCOc1c(Cl)cc(C(=O)NCCC2CCNC2)cc1OC.Cl. The molecular formula is C16H24Cl2N2O3. The topological polar surface area (TPSA) is 59.6 Å². The summed E-state index contributed by atoms with van der Waals surface area (Å²) in [5.41, 5.74) is 0.481. The van der Waals surface area contributed by atoms with Crippen LogP contribution in [0.2, 0.25) is 5.02 Å². The maximum absolute atomic E-state index is 12.2. The molecule has 1 aliphatic heterocycles. The minimum Gasteiger partial charge on any atom is -0.493 e. The van der Waals surface area contributed by atoms with E-state index in [4.69, 9.17) is 21.1 Å². The van der Waals surface area contributed by atoms with Gasteiger partial charge in [-0.05, 0) is 50.9 Å². The molecule has 1 amide bonds. The van der Waals surface area contributed by atoms with Crippen molar-refractivity contribution in [1.82, 2.24) is 10.6 Å². The number of halogens is 2. The number of benzene rings is 1. The van der Waals surface area contributed by atoms with E-state index in [1.165, 1.54) is 13.5 Å². The van der Waals surface area contributed by atoms with Gasteiger partial charge in [-0.1, -0.05) is 11.6 Å². The number of amides is 1. The van der Waals surface area contributed by atoms with Gasteiger partial charge in [0.25, 0.3) is 5.91 Å². The lowest BCUT2D eigenvalue weighted by molar-refractivity contribution is 0.0951. The molecular weight excluding hydrogens is 339 g/mol. The molecule has 1 atom stereocenters. The zero-order valence-electron chi connectivity index (χ0n) is 13.5. The summed E-state index contributed by atoms with van der Waals surface area (Å²) in [5.74, 6) is 1.45. The number of ether oxygens (including phenoxy) is 2. The fourth-order valence-corrected chi connectivity index (χ4v) is 2.85. The van der Waals surface area contributed by atoms with E-state index in [-0.39, 0.29) is 18.3 Å². The number of nitrogens with one attached hydrogen (secondary N) is 2. The molecule has 130 valence electrons. The fourth-order valence-electron chi connectivity index (χ4n) is 2.59. The first-order valence-corrected chi connectivity index (χ1v) is 8.02. The van der Waals surface area contributed by atoms with Crippen LogP contribution in [0, 0.1) is 5.92 Å². The van der Waals surface area contributed by atoms with E-state index in [2.05, 4.69) is 10.6 Å². The molecule has 1 unspecified atom stereocenters. The van der Waals surface area contributed by atoms with Crippen LogP contribution >= 0.6 is 24.0 Å². The normalized spacial score (nSPS) is 16.6. The molecule has 2 rings (SSSR count). The summed E-state index contributed by atoms with van der Waals surface area (Å²) in [5, 5.41) is 6.64. The van der Waals surface area contributed by atoms with E-state index in [0.717, 1.165) is 19.5 Å². The van der Waals surface area contributed by atoms with Crippen LogP contribution in [0.1, 0.15) is 30.1 Å². The van der Waals surface area contributed by atoms with Crippen LogP contribution in [0.3, 0.4) is 0 Å². The Morgan fingerprint density at radius 1 is 1.48 bits per heavy atom. The minimum atomic E-state index is -0.144. The Hall–Kier alpha value is -1.17. The molecule has 1 saturated heterocycles. The van der Waals surface area contributed by atoms with Gasteiger partial charge in [0.15, 0.2) is 11.5 Å². The highest BCUT2D eigenvalue weighted by atomic mass is 35.5. The first-order valence-electron chi connectivity index (χ1n) is 7.65. The van der Waals surface area contributed by atoms with Crippen LogP contribution in [-0.2, 0) is 0 Å². The zero-order valence-corrected chi connectivity index (χ0v) is 15.1. The summed E-state index contributed by atoms with van der Waals surface area (Å²) in [6.07, 6.45) is 2.17. The van der Waals surface area contributed by atoms with Gasteiger partial charge in [-0.15, -0.1) is 12.4 Å². The Labute approximate surface area is 148 Å². The quantitative estimate of drug-likeness (QED) is 0.782. The molecule has 23 heavy (non-hydrogen) atoms. The van der Waals surface area contributed by atoms with Crippen LogP contribution in [0.25, 0.3) is 0 Å². The Morgan fingerprint density at radius 2 is 2.26 bits per heavy atom. The van der Waals surface area contributed by atoms with Gasteiger partial charge in [0.05, 0.1) is 18.7 Å². The van der Waals surface area contributed by atoms with E-state index in [1.807, 2.05) is 6.92 Å². The molecule has 0 aromatic heterocycles. The van der Waals surface area contributed by atoms with Crippen molar-refractivity contribution in [2.75, 3.05) is 33.4 Å². The Kier molecular flexibility index (Phi) is 8.52. The van der Waals surface area contributed by atoms with E-state index in [9.17, 15) is 4.79 Å². The number of hydrogen-bond acceptors (Lipinski definition) is 4. The summed E-state index contributed by atoms with van der Waals surface area (Å²) < 4.78 is 10.7. The van der Waals surface area contributed by atoms with Crippen LogP contribution < -0.4 is 20.1 Å². The van der Waals surface area contributed by atoms with Crippen molar-refractivity contribution in [2.45, 2.75) is 19.8 Å². The second-order valence-corrected chi connectivity index (χ2v) is 5.73. The van der Waals surface area contributed by atoms with E-state index in [0.29, 0.717) is 41.2 Å². The average Bonchev–Trinajstić information content (AvgIpc) is 3.02. The van der Waals surface area contributed by atoms with Crippen molar-refractivity contribution in [3.05, 3.63) is 22.7 Å². The first-order chi connectivity index (χ1) is 10.7. The van der Waals surface area contributed by atoms with Gasteiger partial charge in [0, 0.05) is 12.1 Å². The third kappa shape index (κ3) is 5.44. The molecule has 0 aliphatic carbocycles. The van der Waals surface area contributed by atoms with Crippen molar-refractivity contribution in [3.63, 3.8) is 0 Å². The van der Waals surface area contributed by atoms with Crippen molar-refractivity contribution in [3.8, 4) is 11.5 Å². The molecule has 1 fully saturated rings. The zero-order chi connectivity index (χ0) is 15.9. The fraction of sp³-hybridized carbons (Fsp3) is 0.562. The number of carbonyl (C=O) groups is 1. The molecule has 0 bridgehead atoms. The summed E-state index contributed by atoms with van der Waals surface area (Å²) >= 11 is 6.18. The van der Waals surface area contributed by atoms with Crippen molar-refractivity contribution < 1.29 is 14.3 Å². The predicted molar refractivity (Wildman–Crippen MR) is 94.3 cm³/mol.